The largest absolute Gasteiger partial charge is 0.389 e. The van der Waals surface area contributed by atoms with Gasteiger partial charge in [0.05, 0.1) is 41.4 Å². The van der Waals surface area contributed by atoms with Crippen LogP contribution in [-0.4, -0.2) is 45.1 Å². The van der Waals surface area contributed by atoms with Crippen LogP contribution in [0, 0.1) is 23.4 Å². The molecule has 39 heavy (non-hydrogen) atoms. The van der Waals surface area contributed by atoms with Gasteiger partial charge in [0.2, 0.25) is 5.91 Å². The molecule has 0 saturated carbocycles. The molecular weight excluding hydrogens is 515 g/mol. The van der Waals surface area contributed by atoms with E-state index >= 15 is 4.39 Å². The number of hydrogen-bond acceptors (Lipinski definition) is 7. The number of aliphatic hydroxyl groups is 1. The molecule has 1 saturated heterocycles. The number of benzene rings is 1. The molecule has 0 spiro atoms. The summed E-state index contributed by atoms with van der Waals surface area (Å²) >= 11 is 0. The van der Waals surface area contributed by atoms with Crippen LogP contribution in [0.1, 0.15) is 49.3 Å². The van der Waals surface area contributed by atoms with E-state index in [0.29, 0.717) is 5.56 Å². The second kappa shape index (κ2) is 11.5. The molecular formula is C27H28F3N5O4. The average Bonchev–Trinajstić information content (AvgIpc) is 2.88. The number of halogens is 3. The highest BCUT2D eigenvalue weighted by Crippen LogP contribution is 2.37. The van der Waals surface area contributed by atoms with Gasteiger partial charge in [0.25, 0.3) is 5.91 Å². The van der Waals surface area contributed by atoms with Gasteiger partial charge < -0.3 is 26.2 Å². The summed E-state index contributed by atoms with van der Waals surface area (Å²) in [6, 6.07) is 4.86. The number of amides is 2. The van der Waals surface area contributed by atoms with Gasteiger partial charge in [0.1, 0.15) is 23.0 Å². The van der Waals surface area contributed by atoms with Crippen molar-refractivity contribution in [2.45, 2.75) is 51.5 Å². The van der Waals surface area contributed by atoms with Crippen molar-refractivity contribution in [3.05, 3.63) is 71.4 Å². The summed E-state index contributed by atoms with van der Waals surface area (Å²) in [6.45, 7) is 4.93. The van der Waals surface area contributed by atoms with Gasteiger partial charge in [-0.05, 0) is 42.7 Å². The lowest BCUT2D eigenvalue weighted by Crippen LogP contribution is -2.51. The summed E-state index contributed by atoms with van der Waals surface area (Å²) in [5.41, 5.74) is 4.69. The predicted octanol–water partition coefficient (Wildman–Crippen LogP) is 3.95. The molecule has 2 aromatic heterocycles. The summed E-state index contributed by atoms with van der Waals surface area (Å²) in [5.74, 6) is -4.89. The van der Waals surface area contributed by atoms with Gasteiger partial charge in [-0.3, -0.25) is 14.6 Å². The first-order valence-corrected chi connectivity index (χ1v) is 12.2. The topological polar surface area (TPSA) is 139 Å². The fraction of sp³-hybridized carbons (Fsp3) is 0.333. The molecule has 0 radical (unpaired) electrons. The van der Waals surface area contributed by atoms with Crippen molar-refractivity contribution in [3.8, 4) is 11.3 Å². The number of carbonyl (C=O) groups is 2. The molecule has 3 aromatic rings. The monoisotopic (exact) mass is 543 g/mol. The van der Waals surface area contributed by atoms with Crippen LogP contribution < -0.4 is 16.4 Å². The van der Waals surface area contributed by atoms with Gasteiger partial charge >= 0.3 is 0 Å². The van der Waals surface area contributed by atoms with Crippen molar-refractivity contribution < 1.29 is 32.6 Å². The zero-order valence-corrected chi connectivity index (χ0v) is 21.4. The number of pyridine rings is 2. The van der Waals surface area contributed by atoms with E-state index in [-0.39, 0.29) is 29.4 Å². The maximum atomic E-state index is 15.0. The molecule has 3 heterocycles. The number of nitrogens with zero attached hydrogens (tertiary/aromatic N) is 2. The molecule has 0 aliphatic carbocycles. The quantitative estimate of drug-likeness (QED) is 0.369. The molecule has 206 valence electrons. The van der Waals surface area contributed by atoms with Crippen LogP contribution in [0.25, 0.3) is 11.3 Å². The van der Waals surface area contributed by atoms with Crippen LogP contribution >= 0.6 is 0 Å². The fourth-order valence-corrected chi connectivity index (χ4v) is 4.48. The van der Waals surface area contributed by atoms with Crippen molar-refractivity contribution >= 4 is 23.2 Å². The van der Waals surface area contributed by atoms with Gasteiger partial charge in [-0.15, -0.1) is 0 Å². The van der Waals surface area contributed by atoms with E-state index in [1.54, 1.807) is 6.07 Å². The van der Waals surface area contributed by atoms with Crippen LogP contribution in [0.15, 0.2) is 42.7 Å². The van der Waals surface area contributed by atoms with E-state index in [0.717, 1.165) is 31.2 Å². The Kier molecular flexibility index (Phi) is 8.28. The molecule has 0 bridgehead atoms. The second-order valence-electron chi connectivity index (χ2n) is 9.63. The minimum Gasteiger partial charge on any atom is -0.389 e. The van der Waals surface area contributed by atoms with E-state index in [9.17, 15) is 23.5 Å². The van der Waals surface area contributed by atoms with Crippen molar-refractivity contribution in [2.24, 2.45) is 11.7 Å². The molecule has 0 unspecified atom stereocenters. The number of rotatable bonds is 6. The summed E-state index contributed by atoms with van der Waals surface area (Å²) in [4.78, 5) is 32.4. The maximum Gasteiger partial charge on any atom is 0.274 e. The Morgan fingerprint density at radius 3 is 2.49 bits per heavy atom. The Morgan fingerprint density at radius 2 is 1.79 bits per heavy atom. The lowest BCUT2D eigenvalue weighted by molar-refractivity contribution is -0.145. The molecule has 2 amide bonds. The number of hydrogen-bond donors (Lipinski definition) is 4. The van der Waals surface area contributed by atoms with E-state index in [1.165, 1.54) is 12.4 Å². The van der Waals surface area contributed by atoms with E-state index in [4.69, 9.17) is 10.5 Å². The predicted molar refractivity (Wildman–Crippen MR) is 137 cm³/mol. The zero-order chi connectivity index (χ0) is 28.4. The van der Waals surface area contributed by atoms with Crippen LogP contribution in [0.3, 0.4) is 0 Å². The van der Waals surface area contributed by atoms with Gasteiger partial charge in [0, 0.05) is 24.7 Å². The number of anilines is 2. The Hall–Kier alpha value is -3.87. The molecule has 1 fully saturated rings. The van der Waals surface area contributed by atoms with Crippen LogP contribution in [0.5, 0.6) is 0 Å². The van der Waals surface area contributed by atoms with Gasteiger partial charge in [-0.1, -0.05) is 13.8 Å². The van der Waals surface area contributed by atoms with E-state index < -0.39 is 64.9 Å². The van der Waals surface area contributed by atoms with Crippen LogP contribution in [0.2, 0.25) is 0 Å². The molecule has 4 atom stereocenters. The third-order valence-electron chi connectivity index (χ3n) is 6.41. The number of ether oxygens (including phenoxy) is 1. The second-order valence-corrected chi connectivity index (χ2v) is 9.63. The van der Waals surface area contributed by atoms with Crippen molar-refractivity contribution in [3.63, 3.8) is 0 Å². The van der Waals surface area contributed by atoms with E-state index in [2.05, 4.69) is 20.6 Å². The number of nitrogens with two attached hydrogens (primary N) is 1. The number of aliphatic hydroxyl groups excluding tert-OH is 1. The third kappa shape index (κ3) is 5.92. The molecule has 1 aromatic carbocycles. The molecule has 12 heteroatoms. The molecule has 5 N–H and O–H groups in total. The first-order chi connectivity index (χ1) is 18.5. The summed E-state index contributed by atoms with van der Waals surface area (Å²) < 4.78 is 50.5. The minimum atomic E-state index is -1.24. The Bertz CT molecular complexity index is 1400. The standard InChI is InChI=1S/C27H28F3N5O4/c1-12(2)26-25(37)17(31)10-21(39-26)14-8-9-32-11-20(14)35-27(38)19-7-5-16(29)24(34-19)22-15(28)4-6-18(23(22)30)33-13(3)36/h4-9,11-12,17,21,25-26,37H,10,31H2,1-3H3,(H,33,36)(H,35,38)/t17-,21+,25+,26-/m1/s1. The molecule has 1 aliphatic heterocycles. The van der Waals surface area contributed by atoms with Gasteiger partial charge in [-0.2, -0.15) is 0 Å². The summed E-state index contributed by atoms with van der Waals surface area (Å²) in [6.07, 6.45) is 1.22. The highest BCUT2D eigenvalue weighted by Gasteiger charge is 2.38. The summed E-state index contributed by atoms with van der Waals surface area (Å²) in [7, 11) is 0. The Balaban J connectivity index is 1.65. The van der Waals surface area contributed by atoms with E-state index in [1.807, 2.05) is 13.8 Å². The fourth-order valence-electron chi connectivity index (χ4n) is 4.48. The number of nitrogens with one attached hydrogen (secondary N) is 2. The lowest BCUT2D eigenvalue weighted by Gasteiger charge is -2.40. The zero-order valence-electron chi connectivity index (χ0n) is 21.4. The van der Waals surface area contributed by atoms with Crippen molar-refractivity contribution in [1.82, 2.24) is 9.97 Å². The smallest absolute Gasteiger partial charge is 0.274 e. The Labute approximate surface area is 222 Å². The highest BCUT2D eigenvalue weighted by atomic mass is 19.1. The molecule has 1 aliphatic rings. The Morgan fingerprint density at radius 1 is 1.08 bits per heavy atom. The molecule has 4 rings (SSSR count). The average molecular weight is 544 g/mol. The number of carbonyl (C=O) groups excluding carboxylic acids is 2. The lowest BCUT2D eigenvalue weighted by atomic mass is 9.88. The van der Waals surface area contributed by atoms with Gasteiger partial charge in [0.15, 0.2) is 5.82 Å². The number of aromatic nitrogens is 2. The van der Waals surface area contributed by atoms with Gasteiger partial charge in [-0.25, -0.2) is 18.2 Å². The van der Waals surface area contributed by atoms with Crippen LogP contribution in [0.4, 0.5) is 24.5 Å². The first-order valence-electron chi connectivity index (χ1n) is 12.2. The third-order valence-corrected chi connectivity index (χ3v) is 6.41. The normalized spacial score (nSPS) is 21.1. The SMILES string of the molecule is CC(=O)Nc1ccc(F)c(-c2nc(C(=O)Nc3cnccc3[C@@H]3C[C@@H](N)[C@H](O)[C@@H](C(C)C)O3)ccc2F)c1F. The minimum absolute atomic E-state index is 0.0273. The first kappa shape index (κ1) is 28.1. The highest BCUT2D eigenvalue weighted by molar-refractivity contribution is 6.03. The van der Waals surface area contributed by atoms with Crippen molar-refractivity contribution in [2.75, 3.05) is 10.6 Å². The van der Waals surface area contributed by atoms with Crippen molar-refractivity contribution in [1.29, 1.82) is 0 Å². The van der Waals surface area contributed by atoms with Crippen LogP contribution in [-0.2, 0) is 9.53 Å². The molecule has 9 nitrogen and oxygen atoms in total. The maximum absolute atomic E-state index is 15.0. The summed E-state index contributed by atoms with van der Waals surface area (Å²) in [5, 5.41) is 15.3.